The van der Waals surface area contributed by atoms with Gasteiger partial charge in [0.1, 0.15) is 0 Å². The van der Waals surface area contributed by atoms with E-state index in [2.05, 4.69) is 31.2 Å². The fourth-order valence-electron chi connectivity index (χ4n) is 1.76. The topological polar surface area (TPSA) is 35.2 Å². The van der Waals surface area contributed by atoms with Crippen LogP contribution >= 0.6 is 0 Å². The fourth-order valence-corrected chi connectivity index (χ4v) is 1.76. The number of rotatable bonds is 8. The minimum absolute atomic E-state index is 0.251. The van der Waals surface area contributed by atoms with Gasteiger partial charge in [0, 0.05) is 13.2 Å². The molecule has 0 radical (unpaired) electrons. The van der Waals surface area contributed by atoms with Gasteiger partial charge in [0.05, 0.1) is 6.10 Å². The quantitative estimate of drug-likeness (QED) is 0.685. The van der Waals surface area contributed by atoms with Crippen LogP contribution in [0.25, 0.3) is 0 Å². The zero-order valence-electron chi connectivity index (χ0n) is 10.2. The summed E-state index contributed by atoms with van der Waals surface area (Å²) in [6.07, 6.45) is 4.62. The minimum Gasteiger partial charge on any atom is -0.377 e. The second-order valence-corrected chi connectivity index (χ2v) is 4.11. The van der Waals surface area contributed by atoms with E-state index in [1.54, 1.807) is 0 Å². The molecule has 0 aliphatic heterocycles. The van der Waals surface area contributed by atoms with Gasteiger partial charge in [0.2, 0.25) is 0 Å². The maximum Gasteiger partial charge on any atom is 0.0697 e. The summed E-state index contributed by atoms with van der Waals surface area (Å²) in [4.78, 5) is 0. The summed E-state index contributed by atoms with van der Waals surface area (Å²) in [7, 11) is 0. The predicted molar refractivity (Wildman–Crippen MR) is 68.5 cm³/mol. The van der Waals surface area contributed by atoms with Crippen molar-refractivity contribution in [3.8, 4) is 0 Å². The summed E-state index contributed by atoms with van der Waals surface area (Å²) in [5, 5.41) is 0. The van der Waals surface area contributed by atoms with Crippen LogP contribution in [0.2, 0.25) is 0 Å². The van der Waals surface area contributed by atoms with Gasteiger partial charge in [-0.05, 0) is 24.8 Å². The monoisotopic (exact) mass is 221 g/mol. The molecule has 0 aliphatic rings. The van der Waals surface area contributed by atoms with Crippen LogP contribution in [0.15, 0.2) is 30.3 Å². The lowest BCUT2D eigenvalue weighted by Gasteiger charge is -2.14. The van der Waals surface area contributed by atoms with Gasteiger partial charge in [-0.25, -0.2) is 0 Å². The van der Waals surface area contributed by atoms with E-state index in [9.17, 15) is 0 Å². The van der Waals surface area contributed by atoms with Crippen LogP contribution < -0.4 is 5.73 Å². The lowest BCUT2D eigenvalue weighted by atomic mass is 10.1. The molecule has 0 saturated carbocycles. The molecular weight excluding hydrogens is 198 g/mol. The first kappa shape index (κ1) is 13.2. The molecular formula is C14H23NO. The summed E-state index contributed by atoms with van der Waals surface area (Å²) in [5.74, 6) is 0. The molecule has 0 bridgehead atoms. The summed E-state index contributed by atoms with van der Waals surface area (Å²) in [5.41, 5.74) is 7.01. The minimum atomic E-state index is 0.251. The number of ether oxygens (including phenoxy) is 1. The van der Waals surface area contributed by atoms with E-state index in [1.807, 2.05) is 6.07 Å². The van der Waals surface area contributed by atoms with Crippen molar-refractivity contribution in [2.75, 3.05) is 13.2 Å². The van der Waals surface area contributed by atoms with Gasteiger partial charge < -0.3 is 10.5 Å². The van der Waals surface area contributed by atoms with Crippen molar-refractivity contribution >= 4 is 0 Å². The number of hydrogen-bond acceptors (Lipinski definition) is 2. The molecule has 1 atom stereocenters. The average molecular weight is 221 g/mol. The van der Waals surface area contributed by atoms with Crippen molar-refractivity contribution in [1.82, 2.24) is 0 Å². The zero-order valence-corrected chi connectivity index (χ0v) is 10.2. The van der Waals surface area contributed by atoms with E-state index in [0.29, 0.717) is 6.54 Å². The molecule has 2 N–H and O–H groups in total. The SMILES string of the molecule is CCCC(CN)OCCCc1ccccc1. The van der Waals surface area contributed by atoms with Crippen LogP contribution in [0.1, 0.15) is 31.7 Å². The smallest absolute Gasteiger partial charge is 0.0697 e. The molecule has 0 saturated heterocycles. The molecule has 2 heteroatoms. The number of aryl methyl sites for hydroxylation is 1. The Labute approximate surface area is 98.8 Å². The summed E-state index contributed by atoms with van der Waals surface area (Å²) in [6, 6.07) is 10.5. The molecule has 0 spiro atoms. The molecule has 0 amide bonds. The largest absolute Gasteiger partial charge is 0.377 e. The van der Waals surface area contributed by atoms with Gasteiger partial charge in [-0.1, -0.05) is 43.7 Å². The third kappa shape index (κ3) is 5.29. The standard InChI is InChI=1S/C14H23NO/c1-2-7-14(12-15)16-11-6-10-13-8-4-3-5-9-13/h3-5,8-9,14H,2,6-7,10-12,15H2,1H3. The van der Waals surface area contributed by atoms with E-state index in [0.717, 1.165) is 32.3 Å². The van der Waals surface area contributed by atoms with Gasteiger partial charge in [-0.15, -0.1) is 0 Å². The molecule has 0 heterocycles. The van der Waals surface area contributed by atoms with Gasteiger partial charge in [0.15, 0.2) is 0 Å². The highest BCUT2D eigenvalue weighted by atomic mass is 16.5. The van der Waals surface area contributed by atoms with E-state index < -0.39 is 0 Å². The van der Waals surface area contributed by atoms with Crippen LogP contribution in [0.5, 0.6) is 0 Å². The van der Waals surface area contributed by atoms with Crippen molar-refractivity contribution in [3.05, 3.63) is 35.9 Å². The first-order valence-corrected chi connectivity index (χ1v) is 6.22. The molecule has 1 aromatic rings. The van der Waals surface area contributed by atoms with Gasteiger partial charge in [-0.3, -0.25) is 0 Å². The number of benzene rings is 1. The van der Waals surface area contributed by atoms with Crippen molar-refractivity contribution in [1.29, 1.82) is 0 Å². The molecule has 90 valence electrons. The number of nitrogens with two attached hydrogens (primary N) is 1. The van der Waals surface area contributed by atoms with Gasteiger partial charge in [0.25, 0.3) is 0 Å². The second kappa shape index (κ2) is 8.31. The van der Waals surface area contributed by atoms with Crippen molar-refractivity contribution in [3.63, 3.8) is 0 Å². The summed E-state index contributed by atoms with van der Waals surface area (Å²) >= 11 is 0. The highest BCUT2D eigenvalue weighted by molar-refractivity contribution is 5.14. The van der Waals surface area contributed by atoms with Crippen LogP contribution in [-0.4, -0.2) is 19.3 Å². The lowest BCUT2D eigenvalue weighted by molar-refractivity contribution is 0.0515. The van der Waals surface area contributed by atoms with Gasteiger partial charge in [-0.2, -0.15) is 0 Å². The highest BCUT2D eigenvalue weighted by Crippen LogP contribution is 2.05. The first-order chi connectivity index (χ1) is 7.86. The first-order valence-electron chi connectivity index (χ1n) is 6.22. The van der Waals surface area contributed by atoms with Crippen LogP contribution in [0.3, 0.4) is 0 Å². The normalized spacial score (nSPS) is 12.6. The Kier molecular flexibility index (Phi) is 6.86. The van der Waals surface area contributed by atoms with Crippen LogP contribution in [0.4, 0.5) is 0 Å². The maximum atomic E-state index is 5.73. The molecule has 1 unspecified atom stereocenters. The molecule has 1 rings (SSSR count). The summed E-state index contributed by atoms with van der Waals surface area (Å²) in [6.45, 7) is 3.62. The predicted octanol–water partition coefficient (Wildman–Crippen LogP) is 2.76. The van der Waals surface area contributed by atoms with E-state index in [4.69, 9.17) is 10.5 Å². The highest BCUT2D eigenvalue weighted by Gasteiger charge is 2.04. The van der Waals surface area contributed by atoms with Crippen molar-refractivity contribution < 1.29 is 4.74 Å². The molecule has 0 aliphatic carbocycles. The molecule has 16 heavy (non-hydrogen) atoms. The van der Waals surface area contributed by atoms with E-state index in [1.165, 1.54) is 5.56 Å². The Morgan fingerprint density at radius 1 is 1.25 bits per heavy atom. The third-order valence-electron chi connectivity index (χ3n) is 2.68. The van der Waals surface area contributed by atoms with Crippen LogP contribution in [-0.2, 0) is 11.2 Å². The Balaban J connectivity index is 2.11. The lowest BCUT2D eigenvalue weighted by Crippen LogP contribution is -2.24. The molecule has 1 aromatic carbocycles. The van der Waals surface area contributed by atoms with Gasteiger partial charge >= 0.3 is 0 Å². The second-order valence-electron chi connectivity index (χ2n) is 4.11. The average Bonchev–Trinajstić information content (AvgIpc) is 2.34. The fraction of sp³-hybridized carbons (Fsp3) is 0.571. The molecule has 2 nitrogen and oxygen atoms in total. The van der Waals surface area contributed by atoms with Crippen molar-refractivity contribution in [2.45, 2.75) is 38.7 Å². The Hall–Kier alpha value is -0.860. The summed E-state index contributed by atoms with van der Waals surface area (Å²) < 4.78 is 5.73. The van der Waals surface area contributed by atoms with E-state index >= 15 is 0 Å². The molecule has 0 fully saturated rings. The zero-order chi connectivity index (χ0) is 11.6. The van der Waals surface area contributed by atoms with Crippen LogP contribution in [0, 0.1) is 0 Å². The van der Waals surface area contributed by atoms with Crippen molar-refractivity contribution in [2.24, 2.45) is 5.73 Å². The Morgan fingerprint density at radius 3 is 2.62 bits per heavy atom. The molecule has 0 aromatic heterocycles. The Bertz CT molecular complexity index is 261. The number of hydrogen-bond donors (Lipinski definition) is 1. The Morgan fingerprint density at radius 2 is 2.00 bits per heavy atom. The third-order valence-corrected chi connectivity index (χ3v) is 2.68. The maximum absolute atomic E-state index is 5.73. The van der Waals surface area contributed by atoms with E-state index in [-0.39, 0.29) is 6.10 Å².